The van der Waals surface area contributed by atoms with E-state index in [1.165, 1.54) is 0 Å². The molecule has 0 N–H and O–H groups in total. The molecule has 0 saturated heterocycles. The van der Waals surface area contributed by atoms with Crippen molar-refractivity contribution in [3.63, 3.8) is 0 Å². The minimum absolute atomic E-state index is 0.212. The molecule has 0 bridgehead atoms. The van der Waals surface area contributed by atoms with E-state index < -0.39 is 0 Å². The van der Waals surface area contributed by atoms with Gasteiger partial charge in [-0.05, 0) is 24.0 Å². The van der Waals surface area contributed by atoms with Gasteiger partial charge >= 0.3 is 0 Å². The average molecular weight is 236 g/mol. The molecule has 0 aliphatic carbocycles. The van der Waals surface area contributed by atoms with Crippen LogP contribution in [0.15, 0.2) is 18.2 Å². The summed E-state index contributed by atoms with van der Waals surface area (Å²) in [7, 11) is 1.57. The lowest BCUT2D eigenvalue weighted by Gasteiger charge is -2.19. The molecule has 1 aromatic rings. The molecule has 0 amide bonds. The number of carbonyl (C=O) groups is 1. The number of hydrogen-bond donors (Lipinski definition) is 0. The van der Waals surface area contributed by atoms with Gasteiger partial charge in [0.1, 0.15) is 0 Å². The Balaban J connectivity index is 2.78. The van der Waals surface area contributed by atoms with Crippen LogP contribution in [0.3, 0.4) is 0 Å². The van der Waals surface area contributed by atoms with Crippen LogP contribution < -0.4 is 9.47 Å². The second-order valence-corrected chi connectivity index (χ2v) is 5.16. The quantitative estimate of drug-likeness (QED) is 0.736. The second-order valence-electron chi connectivity index (χ2n) is 5.16. The van der Waals surface area contributed by atoms with Crippen LogP contribution in [0.2, 0.25) is 0 Å². The van der Waals surface area contributed by atoms with Gasteiger partial charge in [0.15, 0.2) is 17.8 Å². The van der Waals surface area contributed by atoms with Crippen LogP contribution in [0.25, 0.3) is 0 Å². The number of methoxy groups -OCH3 is 1. The molecule has 0 heterocycles. The largest absolute Gasteiger partial charge is 0.493 e. The van der Waals surface area contributed by atoms with Gasteiger partial charge in [-0.2, -0.15) is 0 Å². The SMILES string of the molecule is COc1cccc(C=O)c1OCCC(C)(C)C. The maximum absolute atomic E-state index is 10.9. The van der Waals surface area contributed by atoms with Gasteiger partial charge in [-0.15, -0.1) is 0 Å². The molecule has 1 aromatic carbocycles. The zero-order valence-electron chi connectivity index (χ0n) is 10.9. The van der Waals surface area contributed by atoms with Gasteiger partial charge in [0, 0.05) is 0 Å². The van der Waals surface area contributed by atoms with E-state index in [0.717, 1.165) is 12.7 Å². The first-order chi connectivity index (χ1) is 7.98. The van der Waals surface area contributed by atoms with Crippen molar-refractivity contribution in [2.45, 2.75) is 27.2 Å². The van der Waals surface area contributed by atoms with Crippen molar-refractivity contribution in [3.05, 3.63) is 23.8 Å². The standard InChI is InChI=1S/C14H20O3/c1-14(2,3)8-9-17-13-11(10-15)6-5-7-12(13)16-4/h5-7,10H,8-9H2,1-4H3. The highest BCUT2D eigenvalue weighted by Crippen LogP contribution is 2.30. The normalized spacial score (nSPS) is 11.1. The van der Waals surface area contributed by atoms with E-state index in [1.807, 2.05) is 0 Å². The Bertz CT molecular complexity index is 378. The van der Waals surface area contributed by atoms with Crippen molar-refractivity contribution in [1.82, 2.24) is 0 Å². The number of hydrogen-bond acceptors (Lipinski definition) is 3. The third-order valence-electron chi connectivity index (χ3n) is 2.45. The number of benzene rings is 1. The Kier molecular flexibility index (Phi) is 4.55. The molecular weight excluding hydrogens is 216 g/mol. The minimum atomic E-state index is 0.212. The third kappa shape index (κ3) is 4.10. The highest BCUT2D eigenvalue weighted by Gasteiger charge is 2.13. The fourth-order valence-corrected chi connectivity index (χ4v) is 1.40. The van der Waals surface area contributed by atoms with E-state index in [4.69, 9.17) is 9.47 Å². The van der Waals surface area contributed by atoms with Crippen LogP contribution in [0.5, 0.6) is 11.5 Å². The summed E-state index contributed by atoms with van der Waals surface area (Å²) in [4.78, 5) is 10.9. The first-order valence-electron chi connectivity index (χ1n) is 5.73. The summed E-state index contributed by atoms with van der Waals surface area (Å²) in [6.45, 7) is 7.03. The van der Waals surface area contributed by atoms with Crippen LogP contribution in [-0.2, 0) is 0 Å². The van der Waals surface area contributed by atoms with Gasteiger partial charge in [0.05, 0.1) is 19.3 Å². The van der Waals surface area contributed by atoms with Crippen molar-refractivity contribution in [2.75, 3.05) is 13.7 Å². The molecule has 0 unspecified atom stereocenters. The molecule has 0 atom stereocenters. The predicted molar refractivity (Wildman–Crippen MR) is 67.9 cm³/mol. The molecule has 3 heteroatoms. The minimum Gasteiger partial charge on any atom is -0.493 e. The highest BCUT2D eigenvalue weighted by molar-refractivity contribution is 5.81. The van der Waals surface area contributed by atoms with Gasteiger partial charge < -0.3 is 9.47 Å². The first kappa shape index (κ1) is 13.6. The summed E-state index contributed by atoms with van der Waals surface area (Å²) < 4.78 is 10.9. The highest BCUT2D eigenvalue weighted by atomic mass is 16.5. The average Bonchev–Trinajstić information content (AvgIpc) is 2.27. The molecule has 3 nitrogen and oxygen atoms in total. The van der Waals surface area contributed by atoms with Crippen LogP contribution in [0, 0.1) is 5.41 Å². The summed E-state index contributed by atoms with van der Waals surface area (Å²) in [6, 6.07) is 5.29. The molecule has 0 radical (unpaired) electrons. The van der Waals surface area contributed by atoms with Gasteiger partial charge in [-0.25, -0.2) is 0 Å². The van der Waals surface area contributed by atoms with Crippen LogP contribution in [0.4, 0.5) is 0 Å². The van der Waals surface area contributed by atoms with Crippen molar-refractivity contribution < 1.29 is 14.3 Å². The van der Waals surface area contributed by atoms with Crippen LogP contribution in [0.1, 0.15) is 37.6 Å². The van der Waals surface area contributed by atoms with E-state index in [0.29, 0.717) is 23.7 Å². The summed E-state index contributed by atoms with van der Waals surface area (Å²) >= 11 is 0. The summed E-state index contributed by atoms with van der Waals surface area (Å²) in [5.74, 6) is 1.14. The van der Waals surface area contributed by atoms with Gasteiger partial charge in [-0.1, -0.05) is 26.8 Å². The van der Waals surface area contributed by atoms with Gasteiger partial charge in [-0.3, -0.25) is 4.79 Å². The second kappa shape index (κ2) is 5.71. The molecule has 0 aliphatic heterocycles. The molecule has 0 aliphatic rings. The molecular formula is C14H20O3. The Morgan fingerprint density at radius 1 is 1.29 bits per heavy atom. The molecule has 0 spiro atoms. The smallest absolute Gasteiger partial charge is 0.171 e. The van der Waals surface area contributed by atoms with Gasteiger partial charge in [0.2, 0.25) is 0 Å². The predicted octanol–water partition coefficient (Wildman–Crippen LogP) is 3.32. The van der Waals surface area contributed by atoms with E-state index in [9.17, 15) is 4.79 Å². The van der Waals surface area contributed by atoms with Crippen molar-refractivity contribution in [1.29, 1.82) is 0 Å². The summed E-state index contributed by atoms with van der Waals surface area (Å²) in [6.07, 6.45) is 1.71. The summed E-state index contributed by atoms with van der Waals surface area (Å²) in [5, 5.41) is 0. The topological polar surface area (TPSA) is 35.5 Å². The summed E-state index contributed by atoms with van der Waals surface area (Å²) in [5.41, 5.74) is 0.738. The van der Waals surface area contributed by atoms with E-state index in [1.54, 1.807) is 25.3 Å². The number of para-hydroxylation sites is 1. The zero-order valence-corrected chi connectivity index (χ0v) is 10.9. The van der Waals surface area contributed by atoms with Crippen molar-refractivity contribution in [3.8, 4) is 11.5 Å². The lowest BCUT2D eigenvalue weighted by molar-refractivity contribution is 0.111. The van der Waals surface area contributed by atoms with E-state index >= 15 is 0 Å². The molecule has 94 valence electrons. The Labute approximate surface area is 103 Å². The van der Waals surface area contributed by atoms with Crippen LogP contribution >= 0.6 is 0 Å². The van der Waals surface area contributed by atoms with Crippen molar-refractivity contribution >= 4 is 6.29 Å². The number of ether oxygens (including phenoxy) is 2. The van der Waals surface area contributed by atoms with Gasteiger partial charge in [0.25, 0.3) is 0 Å². The molecule has 1 rings (SSSR count). The Morgan fingerprint density at radius 2 is 2.00 bits per heavy atom. The maximum Gasteiger partial charge on any atom is 0.171 e. The number of carbonyl (C=O) groups excluding carboxylic acids is 1. The fraction of sp³-hybridized carbons (Fsp3) is 0.500. The Morgan fingerprint density at radius 3 is 2.53 bits per heavy atom. The van der Waals surface area contributed by atoms with E-state index in [-0.39, 0.29) is 5.41 Å². The van der Waals surface area contributed by atoms with E-state index in [2.05, 4.69) is 20.8 Å². The number of rotatable bonds is 5. The monoisotopic (exact) mass is 236 g/mol. The third-order valence-corrected chi connectivity index (χ3v) is 2.45. The first-order valence-corrected chi connectivity index (χ1v) is 5.73. The zero-order chi connectivity index (χ0) is 12.9. The number of aldehydes is 1. The van der Waals surface area contributed by atoms with Crippen molar-refractivity contribution in [2.24, 2.45) is 5.41 Å². The molecule has 0 saturated carbocycles. The Hall–Kier alpha value is -1.51. The molecule has 0 aromatic heterocycles. The molecule has 0 fully saturated rings. The molecule has 17 heavy (non-hydrogen) atoms. The maximum atomic E-state index is 10.9. The lowest BCUT2D eigenvalue weighted by Crippen LogP contribution is -2.12. The van der Waals surface area contributed by atoms with Crippen LogP contribution in [-0.4, -0.2) is 20.0 Å². The fourth-order valence-electron chi connectivity index (χ4n) is 1.40. The lowest BCUT2D eigenvalue weighted by atomic mass is 9.93.